The van der Waals surface area contributed by atoms with E-state index in [2.05, 4.69) is 29.3 Å². The van der Waals surface area contributed by atoms with Gasteiger partial charge in [-0.2, -0.15) is 4.98 Å². The van der Waals surface area contributed by atoms with Crippen molar-refractivity contribution >= 4 is 11.7 Å². The predicted octanol–water partition coefficient (Wildman–Crippen LogP) is 5.63. The van der Waals surface area contributed by atoms with Crippen LogP contribution >= 0.6 is 0 Å². The van der Waals surface area contributed by atoms with Crippen molar-refractivity contribution in [2.75, 3.05) is 19.0 Å². The second kappa shape index (κ2) is 9.20. The standard InChI is InChI=1S/C24H28N4O3/c1-16(2)17-10-12-19(13-11-17)25-24(29)28-14-5-4-9-21(28)23-26-22(27-31-23)18-7-6-8-20(15-18)30-3/h6-8,10-13,15-16,21H,4-5,9,14H2,1-3H3,(H,25,29). The van der Waals surface area contributed by atoms with Crippen molar-refractivity contribution in [3.05, 3.63) is 60.0 Å². The number of hydrogen-bond donors (Lipinski definition) is 1. The van der Waals surface area contributed by atoms with Crippen LogP contribution in [0.2, 0.25) is 0 Å². The van der Waals surface area contributed by atoms with E-state index < -0.39 is 0 Å². The molecule has 0 bridgehead atoms. The summed E-state index contributed by atoms with van der Waals surface area (Å²) in [4.78, 5) is 19.4. The van der Waals surface area contributed by atoms with E-state index in [-0.39, 0.29) is 12.1 Å². The third kappa shape index (κ3) is 4.71. The minimum absolute atomic E-state index is 0.150. The van der Waals surface area contributed by atoms with E-state index >= 15 is 0 Å². The summed E-state index contributed by atoms with van der Waals surface area (Å²) in [7, 11) is 1.62. The van der Waals surface area contributed by atoms with E-state index in [1.165, 1.54) is 5.56 Å². The van der Waals surface area contributed by atoms with Gasteiger partial charge in [-0.05, 0) is 55.0 Å². The SMILES string of the molecule is COc1cccc(-c2noc(C3CCCCN3C(=O)Nc3ccc(C(C)C)cc3)n2)c1. The van der Waals surface area contributed by atoms with Gasteiger partial charge in [-0.25, -0.2) is 4.79 Å². The van der Waals surface area contributed by atoms with Gasteiger partial charge in [0.25, 0.3) is 0 Å². The van der Waals surface area contributed by atoms with Crippen LogP contribution in [0.3, 0.4) is 0 Å². The number of hydrogen-bond acceptors (Lipinski definition) is 5. The lowest BCUT2D eigenvalue weighted by Crippen LogP contribution is -2.41. The van der Waals surface area contributed by atoms with Gasteiger partial charge < -0.3 is 19.5 Å². The fraction of sp³-hybridized carbons (Fsp3) is 0.375. The number of aromatic nitrogens is 2. The molecule has 1 fully saturated rings. The van der Waals surface area contributed by atoms with Gasteiger partial charge in [-0.1, -0.05) is 43.3 Å². The number of likely N-dealkylation sites (tertiary alicyclic amines) is 1. The number of carbonyl (C=O) groups is 1. The Balaban J connectivity index is 1.51. The number of carbonyl (C=O) groups excluding carboxylic acids is 1. The molecule has 1 aliphatic rings. The van der Waals surface area contributed by atoms with Crippen LogP contribution in [0.1, 0.15) is 56.5 Å². The average molecular weight is 421 g/mol. The highest BCUT2D eigenvalue weighted by atomic mass is 16.5. The summed E-state index contributed by atoms with van der Waals surface area (Å²) in [6, 6.07) is 15.1. The smallest absolute Gasteiger partial charge is 0.322 e. The second-order valence-electron chi connectivity index (χ2n) is 8.10. The molecule has 31 heavy (non-hydrogen) atoms. The van der Waals surface area contributed by atoms with Gasteiger partial charge in [-0.3, -0.25) is 0 Å². The van der Waals surface area contributed by atoms with Crippen LogP contribution in [0, 0.1) is 0 Å². The molecule has 1 unspecified atom stereocenters. The molecule has 3 aromatic rings. The molecule has 1 aliphatic heterocycles. The minimum atomic E-state index is -0.240. The summed E-state index contributed by atoms with van der Waals surface area (Å²) >= 11 is 0. The van der Waals surface area contributed by atoms with Gasteiger partial charge in [-0.15, -0.1) is 0 Å². The summed E-state index contributed by atoms with van der Waals surface area (Å²) in [5, 5.41) is 7.15. The fourth-order valence-electron chi connectivity index (χ4n) is 3.83. The van der Waals surface area contributed by atoms with Crippen LogP contribution in [-0.4, -0.2) is 34.7 Å². The maximum absolute atomic E-state index is 13.0. The zero-order valence-corrected chi connectivity index (χ0v) is 18.2. The van der Waals surface area contributed by atoms with Crippen molar-refractivity contribution in [3.63, 3.8) is 0 Å². The average Bonchev–Trinajstić information content (AvgIpc) is 3.30. The number of methoxy groups -OCH3 is 1. The van der Waals surface area contributed by atoms with Crippen molar-refractivity contribution in [1.82, 2.24) is 15.0 Å². The second-order valence-corrected chi connectivity index (χ2v) is 8.10. The van der Waals surface area contributed by atoms with Gasteiger partial charge in [0.2, 0.25) is 11.7 Å². The van der Waals surface area contributed by atoms with Crippen LogP contribution in [0.4, 0.5) is 10.5 Å². The number of benzene rings is 2. The van der Waals surface area contributed by atoms with E-state index in [0.29, 0.717) is 24.2 Å². The number of nitrogens with one attached hydrogen (secondary N) is 1. The molecular formula is C24H28N4O3. The maximum Gasteiger partial charge on any atom is 0.322 e. The number of ether oxygens (including phenoxy) is 1. The zero-order valence-electron chi connectivity index (χ0n) is 18.2. The summed E-state index contributed by atoms with van der Waals surface area (Å²) < 4.78 is 10.9. The van der Waals surface area contributed by atoms with Crippen LogP contribution in [0.15, 0.2) is 53.1 Å². The highest BCUT2D eigenvalue weighted by Gasteiger charge is 2.32. The van der Waals surface area contributed by atoms with Crippen molar-refractivity contribution < 1.29 is 14.1 Å². The molecule has 1 saturated heterocycles. The Hall–Kier alpha value is -3.35. The number of anilines is 1. The van der Waals surface area contributed by atoms with Crippen molar-refractivity contribution in [3.8, 4) is 17.1 Å². The number of amides is 2. The van der Waals surface area contributed by atoms with Crippen LogP contribution in [0.25, 0.3) is 11.4 Å². The van der Waals surface area contributed by atoms with Crippen molar-refractivity contribution in [2.45, 2.75) is 45.1 Å². The quantitative estimate of drug-likeness (QED) is 0.579. The summed E-state index contributed by atoms with van der Waals surface area (Å²) in [6.45, 7) is 4.95. The molecule has 4 rings (SSSR count). The van der Waals surface area contributed by atoms with E-state index in [1.807, 2.05) is 48.5 Å². The summed E-state index contributed by atoms with van der Waals surface area (Å²) in [5.74, 6) is 2.13. The van der Waals surface area contributed by atoms with Crippen molar-refractivity contribution in [2.24, 2.45) is 0 Å². The number of rotatable bonds is 5. The molecule has 162 valence electrons. The molecule has 7 nitrogen and oxygen atoms in total. The largest absolute Gasteiger partial charge is 0.497 e. The molecule has 0 radical (unpaired) electrons. The van der Waals surface area contributed by atoms with Gasteiger partial charge in [0, 0.05) is 17.8 Å². The molecule has 2 heterocycles. The van der Waals surface area contributed by atoms with Crippen LogP contribution in [-0.2, 0) is 0 Å². The Morgan fingerprint density at radius 1 is 1.19 bits per heavy atom. The van der Waals surface area contributed by atoms with Gasteiger partial charge in [0.05, 0.1) is 7.11 Å². The Kier molecular flexibility index (Phi) is 6.21. The van der Waals surface area contributed by atoms with E-state index in [9.17, 15) is 4.79 Å². The normalized spacial score (nSPS) is 16.4. The monoisotopic (exact) mass is 420 g/mol. The molecule has 0 spiro atoms. The van der Waals surface area contributed by atoms with Gasteiger partial charge in [0.1, 0.15) is 11.8 Å². The summed E-state index contributed by atoms with van der Waals surface area (Å²) in [6.07, 6.45) is 2.75. The molecule has 1 atom stereocenters. The van der Waals surface area contributed by atoms with E-state index in [4.69, 9.17) is 9.26 Å². The Labute approximate surface area is 182 Å². The zero-order chi connectivity index (χ0) is 21.8. The van der Waals surface area contributed by atoms with Gasteiger partial charge in [0.15, 0.2) is 0 Å². The Morgan fingerprint density at radius 2 is 2.00 bits per heavy atom. The molecule has 1 aromatic heterocycles. The minimum Gasteiger partial charge on any atom is -0.497 e. The number of urea groups is 1. The fourth-order valence-corrected chi connectivity index (χ4v) is 3.83. The highest BCUT2D eigenvalue weighted by Crippen LogP contribution is 2.32. The molecule has 7 heteroatoms. The first-order valence-electron chi connectivity index (χ1n) is 10.7. The predicted molar refractivity (Wildman–Crippen MR) is 119 cm³/mol. The topological polar surface area (TPSA) is 80.5 Å². The molecule has 0 saturated carbocycles. The number of piperidine rings is 1. The Bertz CT molecular complexity index is 1030. The van der Waals surface area contributed by atoms with Crippen LogP contribution in [0.5, 0.6) is 5.75 Å². The molecular weight excluding hydrogens is 392 g/mol. The Morgan fingerprint density at radius 3 is 2.74 bits per heavy atom. The first-order valence-corrected chi connectivity index (χ1v) is 10.7. The first kappa shape index (κ1) is 20.9. The first-order chi connectivity index (χ1) is 15.0. The number of nitrogens with zero attached hydrogens (tertiary/aromatic N) is 3. The maximum atomic E-state index is 13.0. The molecule has 2 aromatic carbocycles. The molecule has 0 aliphatic carbocycles. The van der Waals surface area contributed by atoms with E-state index in [1.54, 1.807) is 12.0 Å². The lowest BCUT2D eigenvalue weighted by Gasteiger charge is -2.33. The third-order valence-electron chi connectivity index (χ3n) is 5.65. The van der Waals surface area contributed by atoms with Crippen LogP contribution < -0.4 is 10.1 Å². The molecule has 2 amide bonds. The molecule has 1 N–H and O–H groups in total. The summed E-state index contributed by atoms with van der Waals surface area (Å²) in [5.41, 5.74) is 2.83. The van der Waals surface area contributed by atoms with Crippen molar-refractivity contribution in [1.29, 1.82) is 0 Å². The lowest BCUT2D eigenvalue weighted by atomic mass is 10.0. The van der Waals surface area contributed by atoms with Gasteiger partial charge >= 0.3 is 6.03 Å². The highest BCUT2D eigenvalue weighted by molar-refractivity contribution is 5.89. The van der Waals surface area contributed by atoms with E-state index in [0.717, 1.165) is 36.3 Å². The lowest BCUT2D eigenvalue weighted by molar-refractivity contribution is 0.142. The third-order valence-corrected chi connectivity index (χ3v) is 5.65.